The minimum absolute atomic E-state index is 0.103. The highest BCUT2D eigenvalue weighted by atomic mass is 32.2. The fourth-order valence-electron chi connectivity index (χ4n) is 3.75. The van der Waals surface area contributed by atoms with Gasteiger partial charge in [0.2, 0.25) is 0 Å². The Morgan fingerprint density at radius 1 is 0.886 bits per heavy atom. The number of sulfonamides is 1. The van der Waals surface area contributed by atoms with E-state index in [0.717, 1.165) is 16.3 Å². The van der Waals surface area contributed by atoms with Crippen LogP contribution in [-0.2, 0) is 10.0 Å². The van der Waals surface area contributed by atoms with Crippen LogP contribution < -0.4 is 14.9 Å². The minimum Gasteiger partial charge on any atom is -0.338 e. The molecule has 0 fully saturated rings. The molecule has 0 aromatic heterocycles. The molecule has 0 radical (unpaired) electrons. The summed E-state index contributed by atoms with van der Waals surface area (Å²) in [6.45, 7) is 2.25. The van der Waals surface area contributed by atoms with Crippen LogP contribution in [0.4, 0.5) is 20.6 Å². The summed E-state index contributed by atoms with van der Waals surface area (Å²) in [5.41, 5.74) is 1.99. The van der Waals surface area contributed by atoms with E-state index in [1.807, 2.05) is 49.4 Å². The van der Waals surface area contributed by atoms with E-state index in [2.05, 4.69) is 10.6 Å². The van der Waals surface area contributed by atoms with Crippen LogP contribution in [0, 0.1) is 12.7 Å². The largest absolute Gasteiger partial charge is 0.338 e. The van der Waals surface area contributed by atoms with Crippen LogP contribution in [0.5, 0.6) is 0 Å². The number of carbonyl (C=O) groups is 1. The molecule has 2 N–H and O–H groups in total. The Kier molecular flexibility index (Phi) is 7.31. The maximum absolute atomic E-state index is 13.6. The first-order valence-corrected chi connectivity index (χ1v) is 12.7. The van der Waals surface area contributed by atoms with E-state index in [4.69, 9.17) is 0 Å². The van der Waals surface area contributed by atoms with Gasteiger partial charge in [-0.1, -0.05) is 48.5 Å². The topological polar surface area (TPSA) is 78.5 Å². The molecule has 2 amide bonds. The molecule has 0 aliphatic rings. The van der Waals surface area contributed by atoms with Crippen LogP contribution in [-0.4, -0.2) is 27.5 Å². The molecule has 6 nitrogen and oxygen atoms in total. The number of benzene rings is 4. The number of nitrogens with one attached hydrogen (secondary N) is 2. The third-order valence-electron chi connectivity index (χ3n) is 5.64. The van der Waals surface area contributed by atoms with Gasteiger partial charge >= 0.3 is 6.03 Å². The predicted molar refractivity (Wildman–Crippen MR) is 138 cm³/mol. The van der Waals surface area contributed by atoms with Crippen molar-refractivity contribution < 1.29 is 17.6 Å². The van der Waals surface area contributed by atoms with Crippen molar-refractivity contribution in [1.82, 2.24) is 5.32 Å². The summed E-state index contributed by atoms with van der Waals surface area (Å²) in [4.78, 5) is 12.4. The van der Waals surface area contributed by atoms with Gasteiger partial charge in [-0.2, -0.15) is 0 Å². The van der Waals surface area contributed by atoms with E-state index in [0.29, 0.717) is 17.8 Å². The number of hydrogen-bond donors (Lipinski definition) is 2. The molecule has 0 unspecified atom stereocenters. The first kappa shape index (κ1) is 24.2. The molecule has 35 heavy (non-hydrogen) atoms. The first-order valence-electron chi connectivity index (χ1n) is 11.2. The Morgan fingerprint density at radius 3 is 2.31 bits per heavy atom. The van der Waals surface area contributed by atoms with E-state index in [1.54, 1.807) is 24.3 Å². The number of hydrogen-bond acceptors (Lipinski definition) is 3. The van der Waals surface area contributed by atoms with Crippen LogP contribution >= 0.6 is 0 Å². The molecule has 0 atom stereocenters. The van der Waals surface area contributed by atoms with Crippen LogP contribution in [0.1, 0.15) is 12.0 Å². The fraction of sp³-hybridized carbons (Fsp3) is 0.148. The third kappa shape index (κ3) is 5.78. The van der Waals surface area contributed by atoms with Gasteiger partial charge in [0.25, 0.3) is 10.0 Å². The van der Waals surface area contributed by atoms with Gasteiger partial charge in [-0.15, -0.1) is 0 Å². The van der Waals surface area contributed by atoms with Gasteiger partial charge in [-0.05, 0) is 72.1 Å². The van der Waals surface area contributed by atoms with Crippen molar-refractivity contribution in [3.8, 4) is 0 Å². The van der Waals surface area contributed by atoms with Crippen molar-refractivity contribution in [3.05, 3.63) is 102 Å². The zero-order valence-electron chi connectivity index (χ0n) is 19.2. The van der Waals surface area contributed by atoms with Gasteiger partial charge in [-0.25, -0.2) is 17.6 Å². The van der Waals surface area contributed by atoms with E-state index >= 15 is 0 Å². The molecule has 0 spiro atoms. The van der Waals surface area contributed by atoms with Gasteiger partial charge in [-0.3, -0.25) is 4.31 Å². The number of aryl methyl sites for hydroxylation is 1. The summed E-state index contributed by atoms with van der Waals surface area (Å²) in [7, 11) is -3.93. The van der Waals surface area contributed by atoms with E-state index < -0.39 is 15.8 Å². The summed E-state index contributed by atoms with van der Waals surface area (Å²) >= 11 is 0. The molecule has 0 heterocycles. The molecule has 0 saturated carbocycles. The Morgan fingerprint density at radius 2 is 1.57 bits per heavy atom. The zero-order chi connectivity index (χ0) is 24.8. The van der Waals surface area contributed by atoms with Gasteiger partial charge in [0.15, 0.2) is 0 Å². The molecule has 8 heteroatoms. The molecule has 4 rings (SSSR count). The highest BCUT2D eigenvalue weighted by Crippen LogP contribution is 2.27. The van der Waals surface area contributed by atoms with Crippen LogP contribution in [0.25, 0.3) is 10.8 Å². The van der Waals surface area contributed by atoms with Crippen molar-refractivity contribution in [1.29, 1.82) is 0 Å². The van der Waals surface area contributed by atoms with Crippen molar-refractivity contribution >= 4 is 38.2 Å². The second-order valence-corrected chi connectivity index (χ2v) is 9.97. The van der Waals surface area contributed by atoms with Crippen LogP contribution in [0.2, 0.25) is 0 Å². The molecular weight excluding hydrogens is 465 g/mol. The minimum atomic E-state index is -3.93. The molecule has 0 aliphatic carbocycles. The van der Waals surface area contributed by atoms with E-state index in [1.165, 1.54) is 28.6 Å². The van der Waals surface area contributed by atoms with Crippen LogP contribution in [0.15, 0.2) is 95.9 Å². The molecule has 0 saturated heterocycles. The van der Waals surface area contributed by atoms with Crippen LogP contribution in [0.3, 0.4) is 0 Å². The summed E-state index contributed by atoms with van der Waals surface area (Å²) in [5, 5.41) is 7.29. The maximum atomic E-state index is 13.6. The first-order chi connectivity index (χ1) is 16.8. The van der Waals surface area contributed by atoms with Crippen molar-refractivity contribution in [2.75, 3.05) is 22.7 Å². The summed E-state index contributed by atoms with van der Waals surface area (Å²) in [5.74, 6) is -0.452. The summed E-state index contributed by atoms with van der Waals surface area (Å²) in [6, 6.07) is 24.9. The predicted octanol–water partition coefficient (Wildman–Crippen LogP) is 5.69. The number of para-hydroxylation sites is 1. The number of rotatable bonds is 8. The number of urea groups is 1. The molecule has 4 aromatic rings. The van der Waals surface area contributed by atoms with Gasteiger partial charge in [0.05, 0.1) is 10.6 Å². The molecule has 0 bridgehead atoms. The number of halogens is 1. The second kappa shape index (κ2) is 10.6. The lowest BCUT2D eigenvalue weighted by atomic mass is 10.1. The Hall–Kier alpha value is -3.91. The molecule has 4 aromatic carbocycles. The number of carbonyl (C=O) groups excluding carboxylic acids is 1. The number of amides is 2. The lowest BCUT2D eigenvalue weighted by Crippen LogP contribution is -2.35. The Balaban J connectivity index is 1.49. The van der Waals surface area contributed by atoms with Gasteiger partial charge in [0.1, 0.15) is 5.82 Å². The fourth-order valence-corrected chi connectivity index (χ4v) is 5.29. The smallest absolute Gasteiger partial charge is 0.319 e. The standard InChI is InChI=1S/C27H26FN3O3S/c1-20-7-2-5-10-26(20)30-27(32)29-17-6-18-31(24-14-12-23(28)13-15-24)35(33,34)25-16-11-21-8-3-4-9-22(21)19-25/h2-5,7-16,19H,6,17-18H2,1H3,(H2,29,30,32). The SMILES string of the molecule is Cc1ccccc1NC(=O)NCCCN(c1ccc(F)cc1)S(=O)(=O)c1ccc2ccccc2c1. The number of nitrogens with zero attached hydrogens (tertiary/aromatic N) is 1. The van der Waals surface area contributed by atoms with Crippen molar-refractivity contribution in [3.63, 3.8) is 0 Å². The monoisotopic (exact) mass is 491 g/mol. The lowest BCUT2D eigenvalue weighted by Gasteiger charge is -2.25. The molecular formula is C27H26FN3O3S. The van der Waals surface area contributed by atoms with E-state index in [-0.39, 0.29) is 24.0 Å². The van der Waals surface area contributed by atoms with Gasteiger partial charge in [0, 0.05) is 18.8 Å². The molecule has 180 valence electrons. The quantitative estimate of drug-likeness (QED) is 0.311. The average molecular weight is 492 g/mol. The summed E-state index contributed by atoms with van der Waals surface area (Å²) < 4.78 is 42.0. The lowest BCUT2D eigenvalue weighted by molar-refractivity contribution is 0.252. The maximum Gasteiger partial charge on any atom is 0.319 e. The Labute approximate surface area is 204 Å². The number of anilines is 2. The number of fused-ring (bicyclic) bond motifs is 1. The zero-order valence-corrected chi connectivity index (χ0v) is 20.1. The normalized spacial score (nSPS) is 11.3. The van der Waals surface area contributed by atoms with Gasteiger partial charge < -0.3 is 10.6 Å². The highest BCUT2D eigenvalue weighted by molar-refractivity contribution is 7.92. The van der Waals surface area contributed by atoms with Crippen molar-refractivity contribution in [2.45, 2.75) is 18.2 Å². The summed E-state index contributed by atoms with van der Waals surface area (Å²) in [6.07, 6.45) is 0.353. The second-order valence-electron chi connectivity index (χ2n) is 8.11. The van der Waals surface area contributed by atoms with Crippen molar-refractivity contribution in [2.24, 2.45) is 0 Å². The Bertz CT molecular complexity index is 1440. The third-order valence-corrected chi connectivity index (χ3v) is 7.46. The highest BCUT2D eigenvalue weighted by Gasteiger charge is 2.25. The average Bonchev–Trinajstić information content (AvgIpc) is 2.86. The molecule has 0 aliphatic heterocycles. The van der Waals surface area contributed by atoms with E-state index in [9.17, 15) is 17.6 Å².